The first-order valence-corrected chi connectivity index (χ1v) is 2.25. The highest BCUT2D eigenvalue weighted by Gasteiger charge is 1.92. The molecule has 4 nitrogen and oxygen atoms in total. The molecule has 0 aliphatic rings. The minimum Gasteiger partial charge on any atom is -0.691 e. The molecule has 5 heteroatoms. The van der Waals surface area contributed by atoms with Gasteiger partial charge in [0.25, 0.3) is 5.15 Å². The summed E-state index contributed by atoms with van der Waals surface area (Å²) in [7, 11) is 0. The summed E-state index contributed by atoms with van der Waals surface area (Å²) in [5, 5.41) is 16.6. The quantitative estimate of drug-likeness (QED) is 0.361. The maximum atomic E-state index is 10.1. The second-order valence-electron chi connectivity index (χ2n) is 1.13. The van der Waals surface area contributed by atoms with Gasteiger partial charge in [0.15, 0.2) is 0 Å². The Hall–Kier alpha value is -0.900. The highest BCUT2D eigenvalue weighted by Crippen LogP contribution is 1.94. The van der Waals surface area contributed by atoms with Gasteiger partial charge in [-0.15, -0.1) is 4.85 Å². The summed E-state index contributed by atoms with van der Waals surface area (Å²) >= 11 is 5.29. The topological polar surface area (TPSA) is 52.7 Å². The van der Waals surface area contributed by atoms with Crippen LogP contribution in [0.5, 0.6) is 0 Å². The highest BCUT2D eigenvalue weighted by atomic mass is 35.5. The lowest BCUT2D eigenvalue weighted by Gasteiger charge is -1.89. The number of aromatic nitrogens is 3. The molecular formula is C3H2ClN3O. The molecule has 0 aromatic carbocycles. The number of halogens is 1. The maximum absolute atomic E-state index is 10.1. The van der Waals surface area contributed by atoms with E-state index in [0.717, 1.165) is 0 Å². The van der Waals surface area contributed by atoms with Gasteiger partial charge in [-0.05, 0) is 11.6 Å². The molecule has 0 fully saturated rings. The Balaban J connectivity index is 3.03. The van der Waals surface area contributed by atoms with Gasteiger partial charge in [-0.2, -0.15) is 0 Å². The lowest BCUT2D eigenvalue weighted by Crippen LogP contribution is -2.30. The molecule has 1 aromatic heterocycles. The lowest BCUT2D eigenvalue weighted by atomic mass is 10.7. The first-order chi connectivity index (χ1) is 3.79. The molecule has 1 heterocycles. The predicted molar refractivity (Wildman–Crippen MR) is 26.0 cm³/mol. The van der Waals surface area contributed by atoms with E-state index in [9.17, 15) is 5.21 Å². The van der Waals surface area contributed by atoms with Crippen molar-refractivity contribution in [1.82, 2.24) is 10.3 Å². The third-order valence-electron chi connectivity index (χ3n) is 0.568. The zero-order chi connectivity index (χ0) is 5.98. The largest absolute Gasteiger partial charge is 0.691 e. The van der Waals surface area contributed by atoms with Crippen LogP contribution in [0.4, 0.5) is 0 Å². The minimum atomic E-state index is 0.220. The van der Waals surface area contributed by atoms with E-state index in [1.54, 1.807) is 0 Å². The fraction of sp³-hybridized carbons (Fsp3) is 0. The molecule has 0 radical (unpaired) electrons. The summed E-state index contributed by atoms with van der Waals surface area (Å²) in [5.74, 6) is 0. The van der Waals surface area contributed by atoms with Crippen LogP contribution in [-0.2, 0) is 0 Å². The summed E-state index contributed by atoms with van der Waals surface area (Å²) in [6, 6.07) is 1.36. The number of rotatable bonds is 0. The molecule has 0 amide bonds. The van der Waals surface area contributed by atoms with Gasteiger partial charge < -0.3 is 5.21 Å². The number of hydrogen-bond donors (Lipinski definition) is 0. The first kappa shape index (κ1) is 5.24. The van der Waals surface area contributed by atoms with Gasteiger partial charge in [-0.1, -0.05) is 0 Å². The van der Waals surface area contributed by atoms with E-state index >= 15 is 0 Å². The van der Waals surface area contributed by atoms with Gasteiger partial charge in [-0.25, -0.2) is 0 Å². The van der Waals surface area contributed by atoms with E-state index < -0.39 is 0 Å². The zero-order valence-corrected chi connectivity index (χ0v) is 4.54. The second kappa shape index (κ2) is 1.92. The molecule has 0 aliphatic heterocycles. The Morgan fingerprint density at radius 2 is 2.50 bits per heavy atom. The standard InChI is InChI=1S/C3H2ClN3O/c4-3-1-2-7(8)6-5-3/h1-2H. The van der Waals surface area contributed by atoms with Gasteiger partial charge in [0.2, 0.25) is 0 Å². The molecule has 8 heavy (non-hydrogen) atoms. The van der Waals surface area contributed by atoms with Crippen molar-refractivity contribution in [2.45, 2.75) is 0 Å². The minimum absolute atomic E-state index is 0.220. The fourth-order valence-electron chi connectivity index (χ4n) is 0.275. The molecule has 0 aliphatic carbocycles. The van der Waals surface area contributed by atoms with Crippen molar-refractivity contribution in [1.29, 1.82) is 0 Å². The Morgan fingerprint density at radius 3 is 2.88 bits per heavy atom. The molecule has 0 N–H and O–H groups in total. The SMILES string of the molecule is [O-][n+]1ccc(Cl)nn1. The number of nitrogens with zero attached hydrogens (tertiary/aromatic N) is 3. The maximum Gasteiger partial charge on any atom is 0.273 e. The summed E-state index contributed by atoms with van der Waals surface area (Å²) < 4.78 is 0. The van der Waals surface area contributed by atoms with Crippen molar-refractivity contribution in [3.8, 4) is 0 Å². The summed E-state index contributed by atoms with van der Waals surface area (Å²) in [6.07, 6.45) is 1.18. The van der Waals surface area contributed by atoms with Gasteiger partial charge in [0.05, 0.1) is 5.10 Å². The average molecular weight is 132 g/mol. The van der Waals surface area contributed by atoms with Gasteiger partial charge >= 0.3 is 0 Å². The molecular weight excluding hydrogens is 130 g/mol. The van der Waals surface area contributed by atoms with E-state index in [1.807, 2.05) is 0 Å². The van der Waals surface area contributed by atoms with Crippen molar-refractivity contribution >= 4 is 11.6 Å². The molecule has 0 atom stereocenters. The van der Waals surface area contributed by atoms with Crippen LogP contribution in [0.15, 0.2) is 12.3 Å². The second-order valence-corrected chi connectivity index (χ2v) is 1.52. The Morgan fingerprint density at radius 1 is 1.75 bits per heavy atom. The molecule has 0 spiro atoms. The monoisotopic (exact) mass is 131 g/mol. The molecule has 0 saturated heterocycles. The predicted octanol–water partition coefficient (Wildman–Crippen LogP) is -0.237. The smallest absolute Gasteiger partial charge is 0.273 e. The van der Waals surface area contributed by atoms with Gasteiger partial charge in [0.1, 0.15) is 11.4 Å². The Kier molecular flexibility index (Phi) is 1.26. The van der Waals surface area contributed by atoms with Crippen LogP contribution in [0.25, 0.3) is 0 Å². The number of hydrogen-bond acceptors (Lipinski definition) is 3. The van der Waals surface area contributed by atoms with E-state index in [-0.39, 0.29) is 5.15 Å². The van der Waals surface area contributed by atoms with E-state index in [0.29, 0.717) is 4.85 Å². The summed E-state index contributed by atoms with van der Waals surface area (Å²) in [6.45, 7) is 0. The molecule has 0 unspecified atom stereocenters. The normalized spacial score (nSPS) is 9.12. The molecule has 1 rings (SSSR count). The molecule has 0 saturated carbocycles. The third kappa shape index (κ3) is 1.04. The van der Waals surface area contributed by atoms with Crippen molar-refractivity contribution in [2.75, 3.05) is 0 Å². The average Bonchev–Trinajstić information content (AvgIpc) is 1.77. The van der Waals surface area contributed by atoms with Crippen LogP contribution in [0.2, 0.25) is 5.15 Å². The van der Waals surface area contributed by atoms with Crippen LogP contribution in [0, 0.1) is 5.21 Å². The van der Waals surface area contributed by atoms with Crippen molar-refractivity contribution in [3.63, 3.8) is 0 Å². The Labute approximate surface area is 50.3 Å². The highest BCUT2D eigenvalue weighted by molar-refractivity contribution is 6.29. The molecule has 42 valence electrons. The van der Waals surface area contributed by atoms with E-state index in [4.69, 9.17) is 11.6 Å². The lowest BCUT2D eigenvalue weighted by molar-refractivity contribution is -0.675. The van der Waals surface area contributed by atoms with Crippen LogP contribution in [0.1, 0.15) is 0 Å². The van der Waals surface area contributed by atoms with Gasteiger partial charge in [0, 0.05) is 6.07 Å². The van der Waals surface area contributed by atoms with Crippen LogP contribution < -0.4 is 4.85 Å². The molecule has 1 aromatic rings. The van der Waals surface area contributed by atoms with Gasteiger partial charge in [-0.3, -0.25) is 0 Å². The van der Waals surface area contributed by atoms with E-state index in [1.165, 1.54) is 12.3 Å². The summed E-state index contributed by atoms with van der Waals surface area (Å²) in [5.41, 5.74) is 0. The molecule has 0 bridgehead atoms. The van der Waals surface area contributed by atoms with E-state index in [2.05, 4.69) is 10.3 Å². The van der Waals surface area contributed by atoms with Crippen molar-refractivity contribution < 1.29 is 4.85 Å². The van der Waals surface area contributed by atoms with Crippen LogP contribution in [0.3, 0.4) is 0 Å². The first-order valence-electron chi connectivity index (χ1n) is 1.88. The third-order valence-corrected chi connectivity index (χ3v) is 0.770. The van der Waals surface area contributed by atoms with Crippen molar-refractivity contribution in [3.05, 3.63) is 22.6 Å². The van der Waals surface area contributed by atoms with Crippen molar-refractivity contribution in [2.24, 2.45) is 0 Å². The fourth-order valence-corrected chi connectivity index (χ4v) is 0.365. The zero-order valence-electron chi connectivity index (χ0n) is 3.78. The summed E-state index contributed by atoms with van der Waals surface area (Å²) in [4.78, 5) is 0.325. The Bertz CT molecular complexity index is 153. The van der Waals surface area contributed by atoms with Crippen LogP contribution >= 0.6 is 11.6 Å². The van der Waals surface area contributed by atoms with Crippen LogP contribution in [-0.4, -0.2) is 10.3 Å².